The van der Waals surface area contributed by atoms with Crippen molar-refractivity contribution >= 4 is 6.21 Å². The first-order chi connectivity index (χ1) is 5.70. The highest BCUT2D eigenvalue weighted by Crippen LogP contribution is 1.98. The molecule has 0 saturated carbocycles. The van der Waals surface area contributed by atoms with E-state index in [4.69, 9.17) is 5.73 Å². The van der Waals surface area contributed by atoms with Crippen molar-refractivity contribution < 1.29 is 0 Å². The molecule has 12 heavy (non-hydrogen) atoms. The Bertz CT molecular complexity index is 206. The van der Waals surface area contributed by atoms with Gasteiger partial charge in [-0.25, -0.2) is 0 Å². The van der Waals surface area contributed by atoms with E-state index in [9.17, 15) is 0 Å². The number of allylic oxidation sites excluding steroid dienone is 5. The maximum Gasteiger partial charge on any atom is 0.0368 e. The molecule has 2 N–H and O–H groups in total. The van der Waals surface area contributed by atoms with Crippen molar-refractivity contribution in [2.24, 2.45) is 10.7 Å². The molecule has 0 bridgehead atoms. The van der Waals surface area contributed by atoms with Crippen LogP contribution in [0.2, 0.25) is 0 Å². The summed E-state index contributed by atoms with van der Waals surface area (Å²) >= 11 is 0. The van der Waals surface area contributed by atoms with Gasteiger partial charge in [-0.1, -0.05) is 6.08 Å². The average molecular weight is 164 g/mol. The molecule has 0 aromatic heterocycles. The van der Waals surface area contributed by atoms with Gasteiger partial charge in [0, 0.05) is 11.9 Å². The molecule has 2 heteroatoms. The van der Waals surface area contributed by atoms with Gasteiger partial charge >= 0.3 is 0 Å². The maximum absolute atomic E-state index is 5.22. The molecule has 2 nitrogen and oxygen atoms in total. The van der Waals surface area contributed by atoms with Gasteiger partial charge in [-0.05, 0) is 44.7 Å². The van der Waals surface area contributed by atoms with Gasteiger partial charge in [-0.2, -0.15) is 0 Å². The molecule has 0 fully saturated rings. The first-order valence-corrected chi connectivity index (χ1v) is 3.93. The third kappa shape index (κ3) is 5.47. The molecule has 0 atom stereocenters. The highest BCUT2D eigenvalue weighted by Gasteiger charge is 1.79. The van der Waals surface area contributed by atoms with Gasteiger partial charge in [0.25, 0.3) is 0 Å². The summed E-state index contributed by atoms with van der Waals surface area (Å²) in [6.45, 7) is 5.84. The first kappa shape index (κ1) is 10.7. The van der Waals surface area contributed by atoms with E-state index in [-0.39, 0.29) is 0 Å². The second-order valence-corrected chi connectivity index (χ2v) is 2.47. The molecule has 0 spiro atoms. The Morgan fingerprint density at radius 3 is 2.42 bits per heavy atom. The molecular weight excluding hydrogens is 148 g/mol. The largest absolute Gasteiger partial charge is 0.405 e. The minimum atomic E-state index is 0.988. The quantitative estimate of drug-likeness (QED) is 0.505. The summed E-state index contributed by atoms with van der Waals surface area (Å²) in [5.74, 6) is 0. The van der Waals surface area contributed by atoms with Crippen LogP contribution in [0.15, 0.2) is 40.7 Å². The van der Waals surface area contributed by atoms with Crippen molar-refractivity contribution in [2.75, 3.05) is 0 Å². The van der Waals surface area contributed by atoms with Crippen LogP contribution in [0, 0.1) is 0 Å². The van der Waals surface area contributed by atoms with Crippen molar-refractivity contribution in [1.82, 2.24) is 0 Å². The molecule has 0 aromatic carbocycles. The fraction of sp³-hybridized carbons (Fsp3) is 0.300. The normalized spacial score (nSPS) is 14.9. The summed E-state index contributed by atoms with van der Waals surface area (Å²) in [6.07, 6.45) is 9.08. The molecule has 0 amide bonds. The van der Waals surface area contributed by atoms with Crippen LogP contribution in [0.3, 0.4) is 0 Å². The maximum atomic E-state index is 5.22. The Labute approximate surface area is 74.2 Å². The van der Waals surface area contributed by atoms with Crippen LogP contribution in [0.4, 0.5) is 0 Å². The van der Waals surface area contributed by atoms with Crippen LogP contribution in [0.5, 0.6) is 0 Å². The van der Waals surface area contributed by atoms with Gasteiger partial charge in [-0.3, -0.25) is 4.99 Å². The van der Waals surface area contributed by atoms with Crippen molar-refractivity contribution in [2.45, 2.75) is 20.8 Å². The Morgan fingerprint density at radius 2 is 1.92 bits per heavy atom. The predicted molar refractivity (Wildman–Crippen MR) is 55.0 cm³/mol. The Hall–Kier alpha value is -1.31. The van der Waals surface area contributed by atoms with Gasteiger partial charge in [0.15, 0.2) is 0 Å². The predicted octanol–water partition coefficient (Wildman–Crippen LogP) is 2.40. The molecule has 0 aromatic rings. The molecule has 0 aliphatic carbocycles. The smallest absolute Gasteiger partial charge is 0.0368 e. The number of aliphatic imine (C=N–C) groups is 1. The number of nitrogens with zero attached hydrogens (tertiary/aromatic N) is 1. The summed E-state index contributed by atoms with van der Waals surface area (Å²) in [5, 5.41) is 0. The first-order valence-electron chi connectivity index (χ1n) is 3.93. The molecule has 0 saturated heterocycles. The van der Waals surface area contributed by atoms with Gasteiger partial charge in [0.1, 0.15) is 0 Å². The van der Waals surface area contributed by atoms with Gasteiger partial charge in [0.05, 0.1) is 0 Å². The Morgan fingerprint density at radius 1 is 1.25 bits per heavy atom. The number of rotatable bonds is 3. The molecule has 0 heterocycles. The summed E-state index contributed by atoms with van der Waals surface area (Å²) in [7, 11) is 0. The molecule has 0 rings (SSSR count). The van der Waals surface area contributed by atoms with E-state index in [2.05, 4.69) is 4.99 Å². The summed E-state index contributed by atoms with van der Waals surface area (Å²) in [4.78, 5) is 4.09. The fourth-order valence-corrected chi connectivity index (χ4v) is 0.706. The summed E-state index contributed by atoms with van der Waals surface area (Å²) < 4.78 is 0. The third-order valence-corrected chi connectivity index (χ3v) is 1.28. The molecular formula is C10H16N2. The average Bonchev–Trinajstić information content (AvgIpc) is 2.02. The molecule has 0 aliphatic heterocycles. The molecule has 0 radical (unpaired) electrons. The zero-order valence-electron chi connectivity index (χ0n) is 7.91. The van der Waals surface area contributed by atoms with Crippen LogP contribution < -0.4 is 5.73 Å². The van der Waals surface area contributed by atoms with Gasteiger partial charge in [0.2, 0.25) is 0 Å². The molecule has 0 unspecified atom stereocenters. The van der Waals surface area contributed by atoms with Crippen molar-refractivity contribution in [1.29, 1.82) is 0 Å². The van der Waals surface area contributed by atoms with Gasteiger partial charge in [-0.15, -0.1) is 0 Å². The van der Waals surface area contributed by atoms with Gasteiger partial charge < -0.3 is 5.73 Å². The van der Waals surface area contributed by atoms with E-state index < -0.39 is 0 Å². The van der Waals surface area contributed by atoms with Crippen molar-refractivity contribution in [3.05, 3.63) is 35.7 Å². The minimum Gasteiger partial charge on any atom is -0.405 e. The van der Waals surface area contributed by atoms with Crippen LogP contribution in [-0.4, -0.2) is 6.21 Å². The van der Waals surface area contributed by atoms with E-state index in [1.165, 1.54) is 6.20 Å². The number of nitrogens with two attached hydrogens (primary N) is 1. The lowest BCUT2D eigenvalue weighted by Gasteiger charge is -1.89. The molecule has 66 valence electrons. The Balaban J connectivity index is 4.26. The van der Waals surface area contributed by atoms with E-state index in [1.807, 2.05) is 39.0 Å². The zero-order valence-corrected chi connectivity index (χ0v) is 7.91. The van der Waals surface area contributed by atoms with Crippen LogP contribution in [0.25, 0.3) is 0 Å². The molecule has 0 aliphatic rings. The van der Waals surface area contributed by atoms with E-state index in [1.54, 1.807) is 6.21 Å². The minimum absolute atomic E-state index is 0.988. The SMILES string of the molecule is C\C=N/C(C)=C/C=C(C)\C=C\N. The van der Waals surface area contributed by atoms with Crippen LogP contribution in [0.1, 0.15) is 20.8 Å². The summed E-state index contributed by atoms with van der Waals surface area (Å²) in [6, 6.07) is 0. The Kier molecular flexibility index (Phi) is 5.70. The van der Waals surface area contributed by atoms with Crippen molar-refractivity contribution in [3.8, 4) is 0 Å². The monoisotopic (exact) mass is 164 g/mol. The lowest BCUT2D eigenvalue weighted by molar-refractivity contribution is 1.31. The lowest BCUT2D eigenvalue weighted by atomic mass is 10.2. The van der Waals surface area contributed by atoms with Crippen LogP contribution in [-0.2, 0) is 0 Å². The van der Waals surface area contributed by atoms with E-state index in [0.717, 1.165) is 11.3 Å². The highest BCUT2D eigenvalue weighted by molar-refractivity contribution is 5.55. The third-order valence-electron chi connectivity index (χ3n) is 1.28. The standard InChI is InChI=1S/C10H16N2/c1-4-12-10(3)6-5-9(2)7-8-11/h4-8H,11H2,1-3H3/b8-7+,9-5-,10-6+,12-4-. The second kappa shape index (κ2) is 6.40. The van der Waals surface area contributed by atoms with E-state index >= 15 is 0 Å². The zero-order chi connectivity index (χ0) is 9.40. The van der Waals surface area contributed by atoms with Crippen molar-refractivity contribution in [3.63, 3.8) is 0 Å². The van der Waals surface area contributed by atoms with Crippen LogP contribution >= 0.6 is 0 Å². The highest BCUT2D eigenvalue weighted by atomic mass is 14.7. The fourth-order valence-electron chi connectivity index (χ4n) is 0.706. The lowest BCUT2D eigenvalue weighted by Crippen LogP contribution is -1.77. The number of hydrogen-bond donors (Lipinski definition) is 1. The summed E-state index contributed by atoms with van der Waals surface area (Å²) in [5.41, 5.74) is 7.33. The second-order valence-electron chi connectivity index (χ2n) is 2.47. The van der Waals surface area contributed by atoms with E-state index in [0.29, 0.717) is 0 Å². The number of hydrogen-bond acceptors (Lipinski definition) is 2. The topological polar surface area (TPSA) is 38.4 Å².